The fourth-order valence-electron chi connectivity index (χ4n) is 0.191. The van der Waals surface area contributed by atoms with Gasteiger partial charge >= 0.3 is 0 Å². The molecule has 0 fully saturated rings. The lowest BCUT2D eigenvalue weighted by Gasteiger charge is -1.98. The monoisotopic (exact) mass is 152 g/mol. The van der Waals surface area contributed by atoms with Gasteiger partial charge in [0, 0.05) is 7.05 Å². The van der Waals surface area contributed by atoms with Crippen LogP contribution in [0.1, 0.15) is 0 Å². The number of nitrogens with zero attached hydrogens (tertiary/aromatic N) is 1. The minimum atomic E-state index is -3.74. The molecule has 0 aliphatic carbocycles. The van der Waals surface area contributed by atoms with E-state index in [4.69, 9.17) is 5.73 Å². The molecule has 0 aromatic carbocycles. The van der Waals surface area contributed by atoms with Gasteiger partial charge in [-0.15, -0.1) is 0 Å². The highest BCUT2D eigenvalue weighted by Gasteiger charge is 1.99. The summed E-state index contributed by atoms with van der Waals surface area (Å²) in [6.45, 7) is 0. The summed E-state index contributed by atoms with van der Waals surface area (Å²) in [7, 11) is -2.40. The van der Waals surface area contributed by atoms with E-state index < -0.39 is 10.2 Å². The minimum absolute atomic E-state index is 0.225. The van der Waals surface area contributed by atoms with Crippen molar-refractivity contribution in [2.24, 2.45) is 15.9 Å². The maximum absolute atomic E-state index is 10.1. The normalized spacial score (nSPS) is 13.3. The van der Waals surface area contributed by atoms with E-state index in [0.29, 0.717) is 0 Å². The highest BCUT2D eigenvalue weighted by molar-refractivity contribution is 7.87. The average molecular weight is 152 g/mol. The van der Waals surface area contributed by atoms with Gasteiger partial charge in [0.25, 0.3) is 10.2 Å². The summed E-state index contributed by atoms with van der Waals surface area (Å²) in [5, 5.41) is 4.51. The summed E-state index contributed by atoms with van der Waals surface area (Å²) >= 11 is 0. The second-order valence-electron chi connectivity index (χ2n) is 1.26. The largest absolute Gasteiger partial charge is 0.369 e. The summed E-state index contributed by atoms with van der Waals surface area (Å²) in [6.07, 6.45) is 0. The molecule has 0 bridgehead atoms. The van der Waals surface area contributed by atoms with Crippen LogP contribution in [0.2, 0.25) is 0 Å². The number of rotatable bonds is 1. The van der Waals surface area contributed by atoms with Gasteiger partial charge in [-0.3, -0.25) is 4.99 Å². The van der Waals surface area contributed by atoms with E-state index in [-0.39, 0.29) is 5.96 Å². The molecule has 9 heavy (non-hydrogen) atoms. The van der Waals surface area contributed by atoms with Crippen LogP contribution in [0, 0.1) is 0 Å². The molecular weight excluding hydrogens is 144 g/mol. The molecule has 0 amide bonds. The molecule has 0 saturated carbocycles. The number of nitrogens with two attached hydrogens (primary N) is 2. The zero-order valence-electron chi connectivity index (χ0n) is 4.83. The lowest BCUT2D eigenvalue weighted by molar-refractivity contribution is 0.594. The van der Waals surface area contributed by atoms with E-state index in [9.17, 15) is 8.42 Å². The van der Waals surface area contributed by atoms with Crippen LogP contribution in [0.25, 0.3) is 0 Å². The van der Waals surface area contributed by atoms with Crippen molar-refractivity contribution in [3.8, 4) is 0 Å². The van der Waals surface area contributed by atoms with Crippen LogP contribution in [0.4, 0.5) is 0 Å². The topological polar surface area (TPSA) is 111 Å². The Morgan fingerprint density at radius 1 is 1.67 bits per heavy atom. The van der Waals surface area contributed by atoms with Crippen molar-refractivity contribution < 1.29 is 8.42 Å². The van der Waals surface area contributed by atoms with E-state index in [2.05, 4.69) is 10.1 Å². The number of guanidine groups is 1. The molecule has 0 heterocycles. The minimum Gasteiger partial charge on any atom is -0.369 e. The van der Waals surface area contributed by atoms with Gasteiger partial charge in [0.2, 0.25) is 5.96 Å². The molecule has 0 unspecified atom stereocenters. The third kappa shape index (κ3) is 5.04. The summed E-state index contributed by atoms with van der Waals surface area (Å²) in [5.74, 6) is -0.225. The molecule has 54 valence electrons. The molecule has 0 saturated heterocycles. The van der Waals surface area contributed by atoms with E-state index in [1.807, 2.05) is 0 Å². The first-order valence-electron chi connectivity index (χ1n) is 1.98. The van der Waals surface area contributed by atoms with E-state index >= 15 is 0 Å². The fraction of sp³-hybridized carbons (Fsp3) is 0.500. The molecule has 0 rings (SSSR count). The standard InChI is InChI=1S/C2H8N4O2S/c1-5-2(3)6-9(4,7)8/h1H3,(H3,3,5,6)(H2,4,7,8). The Labute approximate surface area is 53.1 Å². The quantitative estimate of drug-likeness (QED) is 0.291. The summed E-state index contributed by atoms with van der Waals surface area (Å²) in [6, 6.07) is 0. The predicted octanol–water partition coefficient (Wildman–Crippen LogP) is -2.28. The van der Waals surface area contributed by atoms with Crippen LogP contribution < -0.4 is 15.6 Å². The molecule has 0 aliphatic heterocycles. The van der Waals surface area contributed by atoms with Crippen LogP contribution in [0.15, 0.2) is 4.99 Å². The molecule has 5 N–H and O–H groups in total. The SMILES string of the molecule is CN=C(N)NS(N)(=O)=O. The van der Waals surface area contributed by atoms with E-state index in [1.54, 1.807) is 4.72 Å². The van der Waals surface area contributed by atoms with E-state index in [0.717, 1.165) is 0 Å². The van der Waals surface area contributed by atoms with Gasteiger partial charge in [-0.05, 0) is 0 Å². The maximum atomic E-state index is 10.1. The van der Waals surface area contributed by atoms with Gasteiger partial charge in [-0.2, -0.15) is 8.42 Å². The third-order valence-corrected chi connectivity index (χ3v) is 0.981. The number of hydrogen-bond donors (Lipinski definition) is 3. The zero-order chi connectivity index (χ0) is 7.49. The van der Waals surface area contributed by atoms with Crippen molar-refractivity contribution in [1.29, 1.82) is 0 Å². The van der Waals surface area contributed by atoms with Crippen LogP contribution in [-0.4, -0.2) is 21.4 Å². The Bertz CT molecular complexity index is 205. The van der Waals surface area contributed by atoms with E-state index in [1.165, 1.54) is 7.05 Å². The molecule has 0 aliphatic rings. The van der Waals surface area contributed by atoms with Crippen LogP contribution in [0.3, 0.4) is 0 Å². The van der Waals surface area contributed by atoms with Crippen molar-refractivity contribution in [3.05, 3.63) is 0 Å². The first-order chi connectivity index (χ1) is 3.95. The van der Waals surface area contributed by atoms with Crippen molar-refractivity contribution in [2.75, 3.05) is 7.05 Å². The van der Waals surface area contributed by atoms with Crippen LogP contribution >= 0.6 is 0 Å². The first kappa shape index (κ1) is 8.18. The summed E-state index contributed by atoms with van der Waals surface area (Å²) in [5.41, 5.74) is 4.94. The molecule has 0 aromatic heterocycles. The molecule has 0 atom stereocenters. The Balaban J connectivity index is 4.07. The third-order valence-electron chi connectivity index (χ3n) is 0.488. The predicted molar refractivity (Wildman–Crippen MR) is 33.8 cm³/mol. The molecule has 6 nitrogen and oxygen atoms in total. The summed E-state index contributed by atoms with van der Waals surface area (Å²) < 4.78 is 22.0. The van der Waals surface area contributed by atoms with Gasteiger partial charge in [-0.1, -0.05) is 0 Å². The van der Waals surface area contributed by atoms with Gasteiger partial charge < -0.3 is 5.73 Å². The Morgan fingerprint density at radius 2 is 2.11 bits per heavy atom. The smallest absolute Gasteiger partial charge is 0.298 e. The lowest BCUT2D eigenvalue weighted by atomic mass is 11.1. The summed E-state index contributed by atoms with van der Waals surface area (Å²) in [4.78, 5) is 3.30. The second-order valence-corrected chi connectivity index (χ2v) is 2.55. The lowest BCUT2D eigenvalue weighted by Crippen LogP contribution is -2.40. The van der Waals surface area contributed by atoms with Gasteiger partial charge in [-0.25, -0.2) is 9.86 Å². The molecular formula is C2H8N4O2S. The van der Waals surface area contributed by atoms with Crippen LogP contribution in [0.5, 0.6) is 0 Å². The number of hydrogen-bond acceptors (Lipinski definition) is 3. The Morgan fingerprint density at radius 3 is 2.22 bits per heavy atom. The maximum Gasteiger partial charge on any atom is 0.298 e. The van der Waals surface area contributed by atoms with Crippen molar-refractivity contribution >= 4 is 16.2 Å². The average Bonchev–Trinajstić information content (AvgIpc) is 1.62. The fourth-order valence-corrected chi connectivity index (χ4v) is 0.574. The highest BCUT2D eigenvalue weighted by atomic mass is 32.2. The van der Waals surface area contributed by atoms with Crippen LogP contribution in [-0.2, 0) is 10.2 Å². The van der Waals surface area contributed by atoms with Crippen molar-refractivity contribution in [1.82, 2.24) is 4.72 Å². The van der Waals surface area contributed by atoms with Gasteiger partial charge in [0.15, 0.2) is 0 Å². The number of nitrogens with one attached hydrogen (secondary N) is 1. The molecule has 0 radical (unpaired) electrons. The number of aliphatic imine (C=N–C) groups is 1. The first-order valence-corrected chi connectivity index (χ1v) is 3.53. The molecule has 0 spiro atoms. The highest BCUT2D eigenvalue weighted by Crippen LogP contribution is 1.64. The van der Waals surface area contributed by atoms with Gasteiger partial charge in [0.05, 0.1) is 0 Å². The second kappa shape index (κ2) is 2.65. The Hall–Kier alpha value is -0.820. The van der Waals surface area contributed by atoms with Crippen molar-refractivity contribution in [2.45, 2.75) is 0 Å². The molecule has 0 aromatic rings. The Kier molecular flexibility index (Phi) is 2.41. The van der Waals surface area contributed by atoms with Gasteiger partial charge in [0.1, 0.15) is 0 Å². The van der Waals surface area contributed by atoms with Crippen molar-refractivity contribution in [3.63, 3.8) is 0 Å². The molecule has 7 heteroatoms. The zero-order valence-corrected chi connectivity index (χ0v) is 5.64.